The summed E-state index contributed by atoms with van der Waals surface area (Å²) in [6.45, 7) is 5.96. The summed E-state index contributed by atoms with van der Waals surface area (Å²) < 4.78 is 32.3. The van der Waals surface area contributed by atoms with Crippen molar-refractivity contribution in [2.24, 2.45) is 0 Å². The Morgan fingerprint density at radius 2 is 1.57 bits per heavy atom. The van der Waals surface area contributed by atoms with Gasteiger partial charge >= 0.3 is 0 Å². The second-order valence-corrected chi connectivity index (χ2v) is 11.9. The van der Waals surface area contributed by atoms with Gasteiger partial charge in [-0.1, -0.05) is 68.4 Å². The number of hydrogen-bond acceptors (Lipinski definition) is 5. The smallest absolute Gasteiger partial charge is 0.244 e. The Hall–Kier alpha value is -3.85. The van der Waals surface area contributed by atoms with E-state index in [9.17, 15) is 18.0 Å². The zero-order chi connectivity index (χ0) is 29.3. The van der Waals surface area contributed by atoms with E-state index in [1.54, 1.807) is 31.4 Å². The fourth-order valence-corrected chi connectivity index (χ4v) is 5.30. The monoisotopic (exact) mass is 565 g/mol. The molecule has 0 fully saturated rings. The first kappa shape index (κ1) is 30.7. The summed E-state index contributed by atoms with van der Waals surface area (Å²) in [6, 6.07) is 23.0. The topological polar surface area (TPSA) is 96.0 Å². The maximum atomic E-state index is 14.1. The van der Waals surface area contributed by atoms with Crippen molar-refractivity contribution in [2.75, 3.05) is 30.8 Å². The summed E-state index contributed by atoms with van der Waals surface area (Å²) in [5.41, 5.74) is 3.08. The van der Waals surface area contributed by atoms with Crippen LogP contribution in [-0.2, 0) is 32.6 Å². The van der Waals surface area contributed by atoms with E-state index in [4.69, 9.17) is 4.74 Å². The molecule has 0 saturated carbocycles. The first-order chi connectivity index (χ1) is 19.0. The number of amides is 2. The van der Waals surface area contributed by atoms with Crippen LogP contribution in [0.25, 0.3) is 0 Å². The molecular weight excluding hydrogens is 526 g/mol. The van der Waals surface area contributed by atoms with Crippen LogP contribution in [0.2, 0.25) is 0 Å². The Morgan fingerprint density at radius 1 is 0.925 bits per heavy atom. The second-order valence-electron chi connectivity index (χ2n) is 9.99. The number of likely N-dealkylation sites (N-methyl/N-ethyl adjacent to an activating group) is 1. The van der Waals surface area contributed by atoms with Crippen molar-refractivity contribution >= 4 is 27.5 Å². The Bertz CT molecular complexity index is 1380. The van der Waals surface area contributed by atoms with Crippen molar-refractivity contribution in [1.29, 1.82) is 0 Å². The van der Waals surface area contributed by atoms with Crippen molar-refractivity contribution < 1.29 is 22.7 Å². The van der Waals surface area contributed by atoms with Gasteiger partial charge < -0.3 is 15.0 Å². The van der Waals surface area contributed by atoms with Gasteiger partial charge in [-0.05, 0) is 53.8 Å². The van der Waals surface area contributed by atoms with Crippen LogP contribution in [0.5, 0.6) is 5.75 Å². The van der Waals surface area contributed by atoms with Gasteiger partial charge in [0, 0.05) is 19.5 Å². The van der Waals surface area contributed by atoms with Gasteiger partial charge in [0.1, 0.15) is 18.3 Å². The molecule has 0 saturated heterocycles. The van der Waals surface area contributed by atoms with Crippen molar-refractivity contribution in [3.05, 3.63) is 95.6 Å². The lowest BCUT2D eigenvalue weighted by atomic mass is 10.0. The fourth-order valence-electron chi connectivity index (χ4n) is 4.45. The van der Waals surface area contributed by atoms with Crippen molar-refractivity contribution in [2.45, 2.75) is 45.7 Å². The quantitative estimate of drug-likeness (QED) is 0.332. The van der Waals surface area contributed by atoms with Crippen LogP contribution in [0.3, 0.4) is 0 Å². The highest BCUT2D eigenvalue weighted by Gasteiger charge is 2.33. The molecule has 1 N–H and O–H groups in total. The molecule has 3 rings (SSSR count). The fraction of sp³-hybridized carbons (Fsp3) is 0.355. The average molecular weight is 566 g/mol. The van der Waals surface area contributed by atoms with E-state index >= 15 is 0 Å². The number of nitrogens with zero attached hydrogens (tertiary/aromatic N) is 2. The van der Waals surface area contributed by atoms with Gasteiger partial charge in [0.2, 0.25) is 21.8 Å². The summed E-state index contributed by atoms with van der Waals surface area (Å²) in [4.78, 5) is 28.9. The number of sulfonamides is 1. The molecule has 0 unspecified atom stereocenters. The third kappa shape index (κ3) is 8.32. The molecule has 40 heavy (non-hydrogen) atoms. The molecular formula is C31H39N3O5S. The van der Waals surface area contributed by atoms with E-state index in [0.29, 0.717) is 18.0 Å². The minimum atomic E-state index is -3.81. The van der Waals surface area contributed by atoms with Crippen LogP contribution < -0.4 is 14.4 Å². The molecule has 0 aromatic heterocycles. The van der Waals surface area contributed by atoms with E-state index < -0.39 is 28.5 Å². The van der Waals surface area contributed by atoms with Crippen LogP contribution in [0.4, 0.5) is 5.69 Å². The lowest BCUT2D eigenvalue weighted by Gasteiger charge is -2.33. The number of carbonyl (C=O) groups excluding carboxylic acids is 2. The van der Waals surface area contributed by atoms with Crippen molar-refractivity contribution in [1.82, 2.24) is 10.2 Å². The molecule has 0 spiro atoms. The number of hydrogen-bond donors (Lipinski definition) is 1. The van der Waals surface area contributed by atoms with Crippen LogP contribution in [0.1, 0.15) is 43.4 Å². The highest BCUT2D eigenvalue weighted by atomic mass is 32.2. The predicted octanol–water partition coefficient (Wildman–Crippen LogP) is 4.36. The summed E-state index contributed by atoms with van der Waals surface area (Å²) in [5, 5.41) is 2.85. The second kappa shape index (κ2) is 14.0. The third-order valence-electron chi connectivity index (χ3n) is 6.64. The molecule has 0 aliphatic carbocycles. The van der Waals surface area contributed by atoms with Crippen LogP contribution >= 0.6 is 0 Å². The first-order valence-corrected chi connectivity index (χ1v) is 15.2. The number of carbonyl (C=O) groups is 2. The zero-order valence-electron chi connectivity index (χ0n) is 23.8. The van der Waals surface area contributed by atoms with Gasteiger partial charge in [-0.3, -0.25) is 13.9 Å². The molecule has 2 amide bonds. The van der Waals surface area contributed by atoms with E-state index in [1.165, 1.54) is 4.90 Å². The molecule has 0 bridgehead atoms. The van der Waals surface area contributed by atoms with Gasteiger partial charge in [0.15, 0.2) is 0 Å². The van der Waals surface area contributed by atoms with Crippen LogP contribution in [-0.4, -0.2) is 57.6 Å². The summed E-state index contributed by atoms with van der Waals surface area (Å²) >= 11 is 0. The Labute approximate surface area is 238 Å². The Balaban J connectivity index is 2.04. The molecule has 3 aromatic rings. The highest BCUT2D eigenvalue weighted by Crippen LogP contribution is 2.24. The summed E-state index contributed by atoms with van der Waals surface area (Å²) in [6.07, 6.45) is 1.35. The van der Waals surface area contributed by atoms with Gasteiger partial charge in [0.05, 0.1) is 19.1 Å². The molecule has 0 aliphatic heterocycles. The SMILES string of the molecule is CCNC(=O)[C@H](Cc1ccccc1)N(Cc1cccc(OC)c1)C(=O)CN(c1ccc(C(C)C)cc1)S(C)(=O)=O. The largest absolute Gasteiger partial charge is 0.497 e. The highest BCUT2D eigenvalue weighted by molar-refractivity contribution is 7.92. The van der Waals surface area contributed by atoms with E-state index in [-0.39, 0.29) is 24.8 Å². The molecule has 1 atom stereocenters. The standard InChI is InChI=1S/C31H39N3O5S/c1-6-32-31(36)29(20-24-11-8-7-9-12-24)33(21-25-13-10-14-28(19-25)39-4)30(35)22-34(40(5,37)38)27-17-15-26(16-18-27)23(2)3/h7-19,23,29H,6,20-22H2,1-5H3,(H,32,36)/t29-/m0/s1. The molecule has 8 nitrogen and oxygen atoms in total. The lowest BCUT2D eigenvalue weighted by molar-refractivity contribution is -0.140. The zero-order valence-corrected chi connectivity index (χ0v) is 24.6. The van der Waals surface area contributed by atoms with E-state index in [2.05, 4.69) is 19.2 Å². The van der Waals surface area contributed by atoms with Crippen LogP contribution in [0, 0.1) is 0 Å². The summed E-state index contributed by atoms with van der Waals surface area (Å²) in [7, 11) is -2.25. The van der Waals surface area contributed by atoms with Crippen LogP contribution in [0.15, 0.2) is 78.9 Å². The minimum Gasteiger partial charge on any atom is -0.497 e. The molecule has 3 aromatic carbocycles. The minimum absolute atomic E-state index is 0.0918. The van der Waals surface area contributed by atoms with Gasteiger partial charge in [-0.15, -0.1) is 0 Å². The molecule has 9 heteroatoms. The number of anilines is 1. The number of rotatable bonds is 13. The Kier molecular flexibility index (Phi) is 10.7. The van der Waals surface area contributed by atoms with E-state index in [0.717, 1.165) is 27.3 Å². The maximum absolute atomic E-state index is 14.1. The Morgan fingerprint density at radius 3 is 2.15 bits per heavy atom. The number of benzene rings is 3. The number of ether oxygens (including phenoxy) is 1. The first-order valence-electron chi connectivity index (χ1n) is 13.3. The summed E-state index contributed by atoms with van der Waals surface area (Å²) in [5.74, 6) is 0.0882. The van der Waals surface area contributed by atoms with Crippen molar-refractivity contribution in [3.8, 4) is 5.75 Å². The number of nitrogens with one attached hydrogen (secondary N) is 1. The maximum Gasteiger partial charge on any atom is 0.244 e. The average Bonchev–Trinajstić information content (AvgIpc) is 2.93. The predicted molar refractivity (Wildman–Crippen MR) is 159 cm³/mol. The van der Waals surface area contributed by atoms with Gasteiger partial charge in [-0.2, -0.15) is 0 Å². The molecule has 214 valence electrons. The molecule has 0 radical (unpaired) electrons. The third-order valence-corrected chi connectivity index (χ3v) is 7.78. The van der Waals surface area contributed by atoms with Gasteiger partial charge in [0.25, 0.3) is 0 Å². The lowest BCUT2D eigenvalue weighted by Crippen LogP contribution is -2.53. The normalized spacial score (nSPS) is 12.1. The van der Waals surface area contributed by atoms with Gasteiger partial charge in [-0.25, -0.2) is 8.42 Å². The van der Waals surface area contributed by atoms with Crippen molar-refractivity contribution in [3.63, 3.8) is 0 Å². The molecule has 0 heterocycles. The number of methoxy groups -OCH3 is 1. The van der Waals surface area contributed by atoms with E-state index in [1.807, 2.05) is 61.5 Å². The molecule has 0 aliphatic rings.